The number of carbonyl (C=O) groups excluding carboxylic acids is 1. The number of hydrogen-bond acceptors (Lipinski definition) is 5. The van der Waals surface area contributed by atoms with Crippen LogP contribution in [0, 0.1) is 25.2 Å². The number of benzene rings is 1. The standard InChI is InChI=1S/C17H15N3O3/c1-11-8-12(2)20(16(21)15(11)9-18)19-10-13-4-6-14(7-5-13)17(22)23-3/h4-8,10H,1-3H3/b19-10+. The van der Waals surface area contributed by atoms with Gasteiger partial charge in [-0.05, 0) is 43.2 Å². The Morgan fingerprint density at radius 3 is 2.52 bits per heavy atom. The van der Waals surface area contributed by atoms with E-state index in [1.54, 1.807) is 44.2 Å². The average Bonchev–Trinajstić information content (AvgIpc) is 2.54. The van der Waals surface area contributed by atoms with Crippen LogP contribution in [-0.4, -0.2) is 24.0 Å². The predicted molar refractivity (Wildman–Crippen MR) is 85.7 cm³/mol. The minimum atomic E-state index is -0.451. The lowest BCUT2D eigenvalue weighted by molar-refractivity contribution is 0.0600. The molecule has 1 aromatic carbocycles. The van der Waals surface area contributed by atoms with Gasteiger partial charge in [0.15, 0.2) is 0 Å². The molecule has 0 N–H and O–H groups in total. The third-order valence-electron chi connectivity index (χ3n) is 3.33. The van der Waals surface area contributed by atoms with Gasteiger partial charge in [0.1, 0.15) is 11.6 Å². The van der Waals surface area contributed by atoms with Gasteiger partial charge in [-0.3, -0.25) is 4.79 Å². The highest BCUT2D eigenvalue weighted by Gasteiger charge is 2.09. The molecule has 2 aromatic rings. The van der Waals surface area contributed by atoms with E-state index in [1.807, 2.05) is 6.07 Å². The Morgan fingerprint density at radius 1 is 1.30 bits per heavy atom. The monoisotopic (exact) mass is 309 g/mol. The molecule has 116 valence electrons. The lowest BCUT2D eigenvalue weighted by atomic mass is 10.1. The van der Waals surface area contributed by atoms with Gasteiger partial charge in [-0.2, -0.15) is 10.4 Å². The maximum Gasteiger partial charge on any atom is 0.337 e. The second-order valence-corrected chi connectivity index (χ2v) is 4.93. The number of ether oxygens (including phenoxy) is 1. The third kappa shape index (κ3) is 3.35. The van der Waals surface area contributed by atoms with Crippen LogP contribution < -0.4 is 5.56 Å². The molecule has 0 unspecified atom stereocenters. The van der Waals surface area contributed by atoms with Crippen LogP contribution in [0.25, 0.3) is 0 Å². The van der Waals surface area contributed by atoms with Gasteiger partial charge in [0.05, 0.1) is 18.9 Å². The summed E-state index contributed by atoms with van der Waals surface area (Å²) in [4.78, 5) is 23.6. The van der Waals surface area contributed by atoms with Gasteiger partial charge >= 0.3 is 5.97 Å². The van der Waals surface area contributed by atoms with Gasteiger partial charge in [-0.1, -0.05) is 12.1 Å². The lowest BCUT2D eigenvalue weighted by Gasteiger charge is -2.06. The molecule has 1 aromatic heterocycles. The number of carbonyl (C=O) groups is 1. The molecule has 1 heterocycles. The van der Waals surface area contributed by atoms with Gasteiger partial charge in [0.25, 0.3) is 5.56 Å². The van der Waals surface area contributed by atoms with Crippen molar-refractivity contribution in [1.29, 1.82) is 5.26 Å². The molecule has 0 spiro atoms. The van der Waals surface area contributed by atoms with Gasteiger partial charge in [0.2, 0.25) is 0 Å². The molecular weight excluding hydrogens is 294 g/mol. The van der Waals surface area contributed by atoms with Crippen LogP contribution in [0.4, 0.5) is 0 Å². The molecule has 23 heavy (non-hydrogen) atoms. The fourth-order valence-corrected chi connectivity index (χ4v) is 2.11. The summed E-state index contributed by atoms with van der Waals surface area (Å²) in [6, 6.07) is 10.2. The van der Waals surface area contributed by atoms with Crippen molar-refractivity contribution < 1.29 is 9.53 Å². The normalized spacial score (nSPS) is 10.5. The van der Waals surface area contributed by atoms with E-state index < -0.39 is 11.5 Å². The Balaban J connectivity index is 2.36. The molecule has 2 rings (SSSR count). The molecular formula is C17H15N3O3. The first kappa shape index (κ1) is 16.2. The number of aryl methyl sites for hydroxylation is 2. The van der Waals surface area contributed by atoms with E-state index in [9.17, 15) is 9.59 Å². The van der Waals surface area contributed by atoms with Crippen LogP contribution in [0.3, 0.4) is 0 Å². The summed E-state index contributed by atoms with van der Waals surface area (Å²) in [6.07, 6.45) is 1.49. The number of esters is 1. The summed E-state index contributed by atoms with van der Waals surface area (Å²) in [6.45, 7) is 3.46. The lowest BCUT2D eigenvalue weighted by Crippen LogP contribution is -2.22. The fourth-order valence-electron chi connectivity index (χ4n) is 2.11. The molecule has 6 nitrogen and oxygen atoms in total. The maximum atomic E-state index is 12.2. The molecule has 0 radical (unpaired) electrons. The van der Waals surface area contributed by atoms with Crippen molar-refractivity contribution >= 4 is 12.2 Å². The number of methoxy groups -OCH3 is 1. The Bertz CT molecular complexity index is 872. The Kier molecular flexibility index (Phi) is 4.72. The van der Waals surface area contributed by atoms with Crippen LogP contribution >= 0.6 is 0 Å². The highest BCUT2D eigenvalue weighted by atomic mass is 16.5. The third-order valence-corrected chi connectivity index (χ3v) is 3.33. The average molecular weight is 309 g/mol. The fraction of sp³-hybridized carbons (Fsp3) is 0.176. The largest absolute Gasteiger partial charge is 0.465 e. The topological polar surface area (TPSA) is 84.4 Å². The second-order valence-electron chi connectivity index (χ2n) is 4.93. The Labute approximate surface area is 133 Å². The van der Waals surface area contributed by atoms with Gasteiger partial charge < -0.3 is 4.74 Å². The number of pyridine rings is 1. The number of nitrogens with zero attached hydrogens (tertiary/aromatic N) is 3. The quantitative estimate of drug-likeness (QED) is 0.641. The van der Waals surface area contributed by atoms with Crippen molar-refractivity contribution in [2.24, 2.45) is 5.10 Å². The zero-order chi connectivity index (χ0) is 17.0. The molecule has 0 atom stereocenters. The number of hydrogen-bond donors (Lipinski definition) is 0. The van der Waals surface area contributed by atoms with E-state index in [-0.39, 0.29) is 5.56 Å². The Hall–Kier alpha value is -3.20. The summed E-state index contributed by atoms with van der Waals surface area (Å²) < 4.78 is 5.81. The molecule has 0 aliphatic rings. The van der Waals surface area contributed by atoms with Gasteiger partial charge in [-0.15, -0.1) is 0 Å². The van der Waals surface area contributed by atoms with Crippen LogP contribution in [0.2, 0.25) is 0 Å². The summed E-state index contributed by atoms with van der Waals surface area (Å²) in [5.41, 5.74) is 2.03. The van der Waals surface area contributed by atoms with Crippen molar-refractivity contribution in [1.82, 2.24) is 4.68 Å². The minimum absolute atomic E-state index is 0.0776. The molecule has 6 heteroatoms. The van der Waals surface area contributed by atoms with Crippen molar-refractivity contribution in [2.75, 3.05) is 7.11 Å². The first-order chi connectivity index (χ1) is 11.0. The molecule has 0 saturated carbocycles. The number of aromatic nitrogens is 1. The molecule has 0 aliphatic carbocycles. The molecule has 0 saturated heterocycles. The highest BCUT2D eigenvalue weighted by molar-refractivity contribution is 5.90. The van der Waals surface area contributed by atoms with Crippen LogP contribution in [0.15, 0.2) is 40.2 Å². The zero-order valence-electron chi connectivity index (χ0n) is 13.0. The van der Waals surface area contributed by atoms with E-state index >= 15 is 0 Å². The predicted octanol–water partition coefficient (Wildman–Crippen LogP) is 2.01. The van der Waals surface area contributed by atoms with E-state index in [0.29, 0.717) is 22.4 Å². The molecule has 0 aliphatic heterocycles. The van der Waals surface area contributed by atoms with Crippen molar-refractivity contribution in [3.8, 4) is 6.07 Å². The van der Waals surface area contributed by atoms with Crippen molar-refractivity contribution in [3.05, 3.63) is 68.6 Å². The first-order valence-electron chi connectivity index (χ1n) is 6.84. The van der Waals surface area contributed by atoms with E-state index in [0.717, 1.165) is 0 Å². The summed E-state index contributed by atoms with van der Waals surface area (Å²) in [5.74, 6) is -0.419. The van der Waals surface area contributed by atoms with E-state index in [4.69, 9.17) is 5.26 Å². The summed E-state index contributed by atoms with van der Waals surface area (Å²) in [7, 11) is 1.32. The van der Waals surface area contributed by atoms with E-state index in [2.05, 4.69) is 9.84 Å². The van der Waals surface area contributed by atoms with Crippen LogP contribution in [0.5, 0.6) is 0 Å². The second kappa shape index (κ2) is 6.71. The highest BCUT2D eigenvalue weighted by Crippen LogP contribution is 2.06. The van der Waals surface area contributed by atoms with Crippen LogP contribution in [0.1, 0.15) is 32.7 Å². The molecule has 0 fully saturated rings. The van der Waals surface area contributed by atoms with E-state index in [1.165, 1.54) is 18.0 Å². The molecule has 0 bridgehead atoms. The summed E-state index contributed by atoms with van der Waals surface area (Å²) >= 11 is 0. The number of rotatable bonds is 3. The zero-order valence-corrected chi connectivity index (χ0v) is 13.0. The maximum absolute atomic E-state index is 12.2. The van der Waals surface area contributed by atoms with Crippen molar-refractivity contribution in [2.45, 2.75) is 13.8 Å². The van der Waals surface area contributed by atoms with Crippen molar-refractivity contribution in [3.63, 3.8) is 0 Å². The Morgan fingerprint density at radius 2 is 1.96 bits per heavy atom. The molecule has 0 amide bonds. The minimum Gasteiger partial charge on any atom is -0.465 e. The SMILES string of the molecule is COC(=O)c1ccc(/C=N/n2c(C)cc(C)c(C#N)c2=O)cc1. The number of nitriles is 1. The van der Waals surface area contributed by atoms with Gasteiger partial charge in [-0.25, -0.2) is 9.47 Å². The van der Waals surface area contributed by atoms with Gasteiger partial charge in [0, 0.05) is 5.69 Å². The smallest absolute Gasteiger partial charge is 0.337 e. The first-order valence-corrected chi connectivity index (χ1v) is 6.84. The van der Waals surface area contributed by atoms with Crippen LogP contribution in [-0.2, 0) is 4.74 Å². The summed E-state index contributed by atoms with van der Waals surface area (Å²) in [5, 5.41) is 13.2.